The molecule has 0 radical (unpaired) electrons. The van der Waals surface area contributed by atoms with Crippen LogP contribution >= 0.6 is 11.8 Å². The summed E-state index contributed by atoms with van der Waals surface area (Å²) in [4.78, 5) is 0. The maximum atomic E-state index is 8.53. The van der Waals surface area contributed by atoms with Crippen molar-refractivity contribution in [3.63, 3.8) is 0 Å². The first-order valence-electron chi connectivity index (χ1n) is 4.90. The smallest absolute Gasteiger partial charge is 0.192 e. The zero-order valence-electron chi connectivity index (χ0n) is 8.39. The van der Waals surface area contributed by atoms with Crippen molar-refractivity contribution in [3.8, 4) is 6.07 Å². The fourth-order valence-electron chi connectivity index (χ4n) is 1.45. The van der Waals surface area contributed by atoms with E-state index in [9.17, 15) is 0 Å². The monoisotopic (exact) mass is 220 g/mol. The SMILES string of the molecule is C=CCn1c(SCC#N)nnc1C1CC1. The second-order valence-corrected chi connectivity index (χ2v) is 4.40. The van der Waals surface area contributed by atoms with E-state index in [1.807, 2.05) is 6.08 Å². The number of rotatable bonds is 5. The van der Waals surface area contributed by atoms with Gasteiger partial charge in [0.2, 0.25) is 0 Å². The third kappa shape index (κ3) is 2.21. The van der Waals surface area contributed by atoms with Crippen LogP contribution < -0.4 is 0 Å². The van der Waals surface area contributed by atoms with Gasteiger partial charge in [-0.05, 0) is 12.8 Å². The third-order valence-corrected chi connectivity index (χ3v) is 3.10. The zero-order valence-corrected chi connectivity index (χ0v) is 9.20. The Morgan fingerprint density at radius 2 is 2.40 bits per heavy atom. The van der Waals surface area contributed by atoms with Crippen molar-refractivity contribution in [2.75, 3.05) is 5.75 Å². The predicted octanol–water partition coefficient (Wildman–Crippen LogP) is 1.96. The average Bonchev–Trinajstić information content (AvgIpc) is 3.01. The van der Waals surface area contributed by atoms with Crippen molar-refractivity contribution in [1.29, 1.82) is 5.26 Å². The van der Waals surface area contributed by atoms with Gasteiger partial charge in [-0.2, -0.15) is 5.26 Å². The van der Waals surface area contributed by atoms with Gasteiger partial charge >= 0.3 is 0 Å². The van der Waals surface area contributed by atoms with Gasteiger partial charge in [-0.1, -0.05) is 17.8 Å². The molecule has 0 aliphatic heterocycles. The molecule has 0 atom stereocenters. The molecule has 78 valence electrons. The second-order valence-electron chi connectivity index (χ2n) is 3.46. The molecule has 15 heavy (non-hydrogen) atoms. The van der Waals surface area contributed by atoms with E-state index >= 15 is 0 Å². The van der Waals surface area contributed by atoms with Gasteiger partial charge < -0.3 is 4.57 Å². The highest BCUT2D eigenvalue weighted by atomic mass is 32.2. The number of hydrogen-bond acceptors (Lipinski definition) is 4. The Hall–Kier alpha value is -1.28. The summed E-state index contributed by atoms with van der Waals surface area (Å²) in [6, 6.07) is 2.10. The van der Waals surface area contributed by atoms with Gasteiger partial charge in [0.25, 0.3) is 0 Å². The fourth-order valence-corrected chi connectivity index (χ4v) is 2.06. The van der Waals surface area contributed by atoms with E-state index < -0.39 is 0 Å². The minimum absolute atomic E-state index is 0.417. The molecular weight excluding hydrogens is 208 g/mol. The first kappa shape index (κ1) is 10.2. The Morgan fingerprint density at radius 3 is 3.00 bits per heavy atom. The van der Waals surface area contributed by atoms with Crippen molar-refractivity contribution < 1.29 is 0 Å². The Bertz CT molecular complexity index is 400. The highest BCUT2D eigenvalue weighted by molar-refractivity contribution is 7.99. The molecule has 1 fully saturated rings. The maximum absolute atomic E-state index is 8.53. The number of nitrogens with zero attached hydrogens (tertiary/aromatic N) is 4. The van der Waals surface area contributed by atoms with E-state index in [1.165, 1.54) is 24.6 Å². The fraction of sp³-hybridized carbons (Fsp3) is 0.500. The van der Waals surface area contributed by atoms with Crippen LogP contribution in [0.2, 0.25) is 0 Å². The lowest BCUT2D eigenvalue weighted by molar-refractivity contribution is 0.682. The molecular formula is C10H12N4S. The summed E-state index contributed by atoms with van der Waals surface area (Å²) >= 11 is 1.43. The van der Waals surface area contributed by atoms with Gasteiger partial charge in [0.05, 0.1) is 11.8 Å². The molecule has 0 saturated heterocycles. The summed E-state index contributed by atoms with van der Waals surface area (Å²) in [5.74, 6) is 2.05. The number of aromatic nitrogens is 3. The van der Waals surface area contributed by atoms with Gasteiger partial charge in [-0.3, -0.25) is 0 Å². The van der Waals surface area contributed by atoms with Crippen LogP contribution in [0.5, 0.6) is 0 Å². The lowest BCUT2D eigenvalue weighted by Gasteiger charge is -2.04. The van der Waals surface area contributed by atoms with E-state index in [2.05, 4.69) is 27.4 Å². The number of allylic oxidation sites excluding steroid dienone is 1. The molecule has 0 bridgehead atoms. The van der Waals surface area contributed by atoms with E-state index in [-0.39, 0.29) is 0 Å². The summed E-state index contributed by atoms with van der Waals surface area (Å²) in [5, 5.41) is 17.7. The topological polar surface area (TPSA) is 54.5 Å². The van der Waals surface area contributed by atoms with Crippen LogP contribution in [0.4, 0.5) is 0 Å². The van der Waals surface area contributed by atoms with Gasteiger partial charge in [0, 0.05) is 12.5 Å². The Morgan fingerprint density at radius 1 is 1.60 bits per heavy atom. The second kappa shape index (κ2) is 4.49. The molecule has 0 amide bonds. The summed E-state index contributed by atoms with van der Waals surface area (Å²) in [5.41, 5.74) is 0. The van der Waals surface area contributed by atoms with Crippen LogP contribution in [0, 0.1) is 11.3 Å². The highest BCUT2D eigenvalue weighted by Crippen LogP contribution is 2.39. The molecule has 1 aromatic heterocycles. The molecule has 0 spiro atoms. The summed E-state index contributed by atoms with van der Waals surface area (Å²) < 4.78 is 2.06. The first-order chi connectivity index (χ1) is 7.36. The molecule has 1 aromatic rings. The van der Waals surface area contributed by atoms with Crippen LogP contribution in [-0.2, 0) is 6.54 Å². The molecule has 1 heterocycles. The number of hydrogen-bond donors (Lipinski definition) is 0. The third-order valence-electron chi connectivity index (χ3n) is 2.27. The minimum Gasteiger partial charge on any atom is -0.302 e. The molecule has 0 unspecified atom stereocenters. The maximum Gasteiger partial charge on any atom is 0.192 e. The van der Waals surface area contributed by atoms with Gasteiger partial charge in [-0.25, -0.2) is 0 Å². The largest absolute Gasteiger partial charge is 0.302 e. The van der Waals surface area contributed by atoms with Crippen LogP contribution in [0.3, 0.4) is 0 Å². The molecule has 0 N–H and O–H groups in total. The van der Waals surface area contributed by atoms with Crippen molar-refractivity contribution in [2.45, 2.75) is 30.5 Å². The van der Waals surface area contributed by atoms with Crippen LogP contribution in [-0.4, -0.2) is 20.5 Å². The lowest BCUT2D eigenvalue weighted by atomic mass is 10.4. The van der Waals surface area contributed by atoms with Crippen molar-refractivity contribution >= 4 is 11.8 Å². The quantitative estimate of drug-likeness (QED) is 0.562. The van der Waals surface area contributed by atoms with Crippen molar-refractivity contribution in [1.82, 2.24) is 14.8 Å². The van der Waals surface area contributed by atoms with Crippen LogP contribution in [0.15, 0.2) is 17.8 Å². The molecule has 1 aliphatic carbocycles. The van der Waals surface area contributed by atoms with Crippen molar-refractivity contribution in [3.05, 3.63) is 18.5 Å². The van der Waals surface area contributed by atoms with Gasteiger partial charge in [-0.15, -0.1) is 16.8 Å². The van der Waals surface area contributed by atoms with Crippen molar-refractivity contribution in [2.24, 2.45) is 0 Å². The number of thioether (sulfide) groups is 1. The Kier molecular flexibility index (Phi) is 3.07. The van der Waals surface area contributed by atoms with Gasteiger partial charge in [0.1, 0.15) is 5.82 Å². The molecule has 2 rings (SSSR count). The number of nitriles is 1. The summed E-state index contributed by atoms with van der Waals surface area (Å²) in [7, 11) is 0. The summed E-state index contributed by atoms with van der Waals surface area (Å²) in [6.07, 6.45) is 4.25. The van der Waals surface area contributed by atoms with Crippen LogP contribution in [0.1, 0.15) is 24.6 Å². The Labute approximate surface area is 93.0 Å². The molecule has 1 saturated carbocycles. The van der Waals surface area contributed by atoms with E-state index in [0.29, 0.717) is 11.7 Å². The summed E-state index contributed by atoms with van der Waals surface area (Å²) in [6.45, 7) is 4.46. The molecule has 5 heteroatoms. The molecule has 4 nitrogen and oxygen atoms in total. The Balaban J connectivity index is 2.21. The molecule has 0 aromatic carbocycles. The highest BCUT2D eigenvalue weighted by Gasteiger charge is 2.29. The van der Waals surface area contributed by atoms with E-state index in [1.54, 1.807) is 0 Å². The lowest BCUT2D eigenvalue weighted by Crippen LogP contribution is -2.02. The average molecular weight is 220 g/mol. The zero-order chi connectivity index (χ0) is 10.7. The predicted molar refractivity (Wildman–Crippen MR) is 58.5 cm³/mol. The molecule has 1 aliphatic rings. The van der Waals surface area contributed by atoms with E-state index in [0.717, 1.165) is 17.5 Å². The van der Waals surface area contributed by atoms with Crippen LogP contribution in [0.25, 0.3) is 0 Å². The minimum atomic E-state index is 0.417. The normalized spacial score (nSPS) is 14.9. The van der Waals surface area contributed by atoms with E-state index in [4.69, 9.17) is 5.26 Å². The standard InChI is InChI=1S/C10H12N4S/c1-2-6-14-9(8-3-4-8)12-13-10(14)15-7-5-11/h2,8H,1,3-4,6-7H2. The van der Waals surface area contributed by atoms with Gasteiger partial charge in [0.15, 0.2) is 5.16 Å². The first-order valence-corrected chi connectivity index (χ1v) is 5.89.